The topological polar surface area (TPSA) is 59.4 Å². The Morgan fingerprint density at radius 2 is 2.17 bits per heavy atom. The Morgan fingerprint density at radius 3 is 2.72 bits per heavy atom. The molecule has 1 aromatic carbocycles. The van der Waals surface area contributed by atoms with Crippen LogP contribution >= 0.6 is 11.3 Å². The van der Waals surface area contributed by atoms with Crippen LogP contribution in [-0.4, -0.2) is 23.2 Å². The van der Waals surface area contributed by atoms with Gasteiger partial charge in [-0.3, -0.25) is 0 Å². The second kappa shape index (κ2) is 5.18. The number of hydrogen-bond acceptors (Lipinski definition) is 4. The van der Waals surface area contributed by atoms with Crippen molar-refractivity contribution in [1.82, 2.24) is 4.98 Å². The van der Waals surface area contributed by atoms with Crippen LogP contribution in [0.1, 0.15) is 22.3 Å². The molecule has 0 amide bonds. The molecule has 0 fully saturated rings. The first-order valence-corrected chi connectivity index (χ1v) is 6.35. The Bertz CT molecular complexity index is 577. The van der Waals surface area contributed by atoms with Crippen LogP contribution < -0.4 is 4.74 Å². The number of carboxylic acid groups (broad SMARTS) is 1. The molecule has 1 N–H and O–H groups in total. The molecule has 0 spiro atoms. The Balaban J connectivity index is 2.54. The van der Waals surface area contributed by atoms with Gasteiger partial charge in [0.15, 0.2) is 5.69 Å². The van der Waals surface area contributed by atoms with Gasteiger partial charge >= 0.3 is 5.97 Å². The second-order valence-corrected chi connectivity index (χ2v) is 4.73. The van der Waals surface area contributed by atoms with Crippen molar-refractivity contribution in [3.63, 3.8) is 0 Å². The monoisotopic (exact) mass is 263 g/mol. The quantitative estimate of drug-likeness (QED) is 0.920. The molecule has 4 nitrogen and oxygen atoms in total. The van der Waals surface area contributed by atoms with E-state index >= 15 is 0 Å². The third-order valence-electron chi connectivity index (χ3n) is 2.56. The molecule has 0 aliphatic carbocycles. The number of nitrogens with zero attached hydrogens (tertiary/aromatic N) is 1. The summed E-state index contributed by atoms with van der Waals surface area (Å²) in [5, 5.41) is 9.78. The molecular weight excluding hydrogens is 250 g/mol. The van der Waals surface area contributed by atoms with E-state index in [0.29, 0.717) is 17.2 Å². The van der Waals surface area contributed by atoms with Crippen LogP contribution in [0.25, 0.3) is 10.6 Å². The number of aryl methyl sites for hydroxylation is 1. The summed E-state index contributed by atoms with van der Waals surface area (Å²) in [6.45, 7) is 1.92. The van der Waals surface area contributed by atoms with Gasteiger partial charge in [-0.15, -0.1) is 11.3 Å². The predicted octanol–water partition coefficient (Wildman–Crippen LogP) is 3.08. The molecule has 0 aliphatic heterocycles. The molecule has 1 heterocycles. The van der Waals surface area contributed by atoms with Crippen LogP contribution in [-0.2, 0) is 6.42 Å². The van der Waals surface area contributed by atoms with Gasteiger partial charge in [-0.2, -0.15) is 0 Å². The second-order valence-electron chi connectivity index (χ2n) is 3.65. The van der Waals surface area contributed by atoms with Gasteiger partial charge in [0.2, 0.25) is 0 Å². The Hall–Kier alpha value is -1.88. The average molecular weight is 263 g/mol. The minimum absolute atomic E-state index is 0.142. The predicted molar refractivity (Wildman–Crippen MR) is 70.4 cm³/mol. The zero-order chi connectivity index (χ0) is 13.1. The lowest BCUT2D eigenvalue weighted by atomic mass is 10.2. The fourth-order valence-electron chi connectivity index (χ4n) is 1.69. The minimum atomic E-state index is -0.982. The summed E-state index contributed by atoms with van der Waals surface area (Å²) >= 11 is 1.40. The number of methoxy groups -OCH3 is 1. The fourth-order valence-corrected chi connectivity index (χ4v) is 2.72. The number of carboxylic acids is 1. The summed E-state index contributed by atoms with van der Waals surface area (Å²) in [5.74, 6) is -0.282. The molecule has 0 aliphatic rings. The first-order chi connectivity index (χ1) is 8.67. The van der Waals surface area contributed by atoms with E-state index in [4.69, 9.17) is 9.84 Å². The lowest BCUT2D eigenvalue weighted by Gasteiger charge is -2.04. The van der Waals surface area contributed by atoms with Crippen molar-refractivity contribution in [2.75, 3.05) is 7.11 Å². The maximum Gasteiger partial charge on any atom is 0.355 e. The smallest absolute Gasteiger partial charge is 0.355 e. The van der Waals surface area contributed by atoms with Crippen LogP contribution in [0.4, 0.5) is 0 Å². The van der Waals surface area contributed by atoms with E-state index in [0.717, 1.165) is 10.4 Å². The number of aromatic carboxylic acids is 1. The molecule has 5 heteroatoms. The fraction of sp³-hybridized carbons (Fsp3) is 0.231. The largest absolute Gasteiger partial charge is 0.496 e. The van der Waals surface area contributed by atoms with Crippen molar-refractivity contribution in [3.8, 4) is 16.3 Å². The number of para-hydroxylation sites is 1. The number of aromatic nitrogens is 1. The summed E-state index contributed by atoms with van der Waals surface area (Å²) in [6, 6.07) is 7.46. The maximum absolute atomic E-state index is 11.1. The molecule has 94 valence electrons. The highest BCUT2D eigenvalue weighted by molar-refractivity contribution is 7.15. The Morgan fingerprint density at radius 1 is 1.44 bits per heavy atom. The Labute approximate surface area is 109 Å². The first kappa shape index (κ1) is 12.6. The minimum Gasteiger partial charge on any atom is -0.496 e. The van der Waals surface area contributed by atoms with Gasteiger partial charge in [0.1, 0.15) is 10.8 Å². The number of ether oxygens (including phenoxy) is 1. The van der Waals surface area contributed by atoms with E-state index in [-0.39, 0.29) is 5.69 Å². The molecule has 0 radical (unpaired) electrons. The summed E-state index contributed by atoms with van der Waals surface area (Å²) < 4.78 is 5.26. The first-order valence-electron chi connectivity index (χ1n) is 5.53. The van der Waals surface area contributed by atoms with Gasteiger partial charge in [0.05, 0.1) is 12.7 Å². The number of carbonyl (C=O) groups is 1. The molecule has 0 bridgehead atoms. The van der Waals surface area contributed by atoms with Gasteiger partial charge in [-0.1, -0.05) is 19.1 Å². The highest BCUT2D eigenvalue weighted by Crippen LogP contribution is 2.34. The van der Waals surface area contributed by atoms with Crippen molar-refractivity contribution in [3.05, 3.63) is 34.8 Å². The third-order valence-corrected chi connectivity index (χ3v) is 3.79. The lowest BCUT2D eigenvalue weighted by molar-refractivity contribution is 0.0690. The molecule has 1 aromatic heterocycles. The van der Waals surface area contributed by atoms with E-state index in [1.165, 1.54) is 11.3 Å². The van der Waals surface area contributed by atoms with Gasteiger partial charge < -0.3 is 9.84 Å². The van der Waals surface area contributed by atoms with Crippen LogP contribution in [0.5, 0.6) is 5.75 Å². The van der Waals surface area contributed by atoms with Crippen LogP contribution in [0, 0.1) is 0 Å². The van der Waals surface area contributed by atoms with Crippen molar-refractivity contribution < 1.29 is 14.6 Å². The molecule has 2 rings (SSSR count). The molecule has 0 atom stereocenters. The van der Waals surface area contributed by atoms with Gasteiger partial charge in [0, 0.05) is 4.88 Å². The van der Waals surface area contributed by atoms with Crippen molar-refractivity contribution in [2.24, 2.45) is 0 Å². The highest BCUT2D eigenvalue weighted by atomic mass is 32.1. The Kier molecular flexibility index (Phi) is 3.62. The summed E-state index contributed by atoms with van der Waals surface area (Å²) in [5.41, 5.74) is 0.968. The third kappa shape index (κ3) is 2.22. The van der Waals surface area contributed by atoms with Gasteiger partial charge in [-0.05, 0) is 18.6 Å². The number of benzene rings is 1. The van der Waals surface area contributed by atoms with Crippen molar-refractivity contribution in [2.45, 2.75) is 13.3 Å². The molecule has 18 heavy (non-hydrogen) atoms. The number of rotatable bonds is 4. The van der Waals surface area contributed by atoms with E-state index < -0.39 is 5.97 Å². The van der Waals surface area contributed by atoms with E-state index in [2.05, 4.69) is 4.98 Å². The SMILES string of the molecule is CCc1sc(-c2ccccc2OC)nc1C(=O)O. The van der Waals surface area contributed by atoms with E-state index in [1.807, 2.05) is 31.2 Å². The summed E-state index contributed by atoms with van der Waals surface area (Å²) in [4.78, 5) is 16.1. The zero-order valence-corrected chi connectivity index (χ0v) is 11.0. The van der Waals surface area contributed by atoms with Crippen LogP contribution in [0.3, 0.4) is 0 Å². The standard InChI is InChI=1S/C13H13NO3S/c1-3-10-11(13(15)16)14-12(18-10)8-6-4-5-7-9(8)17-2/h4-7H,3H2,1-2H3,(H,15,16). The molecule has 0 unspecified atom stereocenters. The average Bonchev–Trinajstić information content (AvgIpc) is 2.82. The summed E-state index contributed by atoms with van der Waals surface area (Å²) in [6.07, 6.45) is 0.661. The maximum atomic E-state index is 11.1. The van der Waals surface area contributed by atoms with Gasteiger partial charge in [-0.25, -0.2) is 9.78 Å². The van der Waals surface area contributed by atoms with Crippen LogP contribution in [0.2, 0.25) is 0 Å². The number of thiazole rings is 1. The lowest BCUT2D eigenvalue weighted by Crippen LogP contribution is -2.00. The molecular formula is C13H13NO3S. The normalized spacial score (nSPS) is 10.3. The van der Waals surface area contributed by atoms with Gasteiger partial charge in [0.25, 0.3) is 0 Å². The molecule has 0 saturated heterocycles. The zero-order valence-electron chi connectivity index (χ0n) is 10.1. The molecule has 0 saturated carbocycles. The summed E-state index contributed by atoms with van der Waals surface area (Å²) in [7, 11) is 1.59. The van der Waals surface area contributed by atoms with E-state index in [9.17, 15) is 4.79 Å². The van der Waals surface area contributed by atoms with Crippen molar-refractivity contribution >= 4 is 17.3 Å². The molecule has 2 aromatic rings. The highest BCUT2D eigenvalue weighted by Gasteiger charge is 2.18. The van der Waals surface area contributed by atoms with Crippen LogP contribution in [0.15, 0.2) is 24.3 Å². The number of hydrogen-bond donors (Lipinski definition) is 1. The van der Waals surface area contributed by atoms with Crippen molar-refractivity contribution in [1.29, 1.82) is 0 Å². The van der Waals surface area contributed by atoms with E-state index in [1.54, 1.807) is 7.11 Å².